The van der Waals surface area contributed by atoms with Crippen molar-refractivity contribution in [2.24, 2.45) is 0 Å². The summed E-state index contributed by atoms with van der Waals surface area (Å²) in [6, 6.07) is 5.31. The van der Waals surface area contributed by atoms with E-state index in [-0.39, 0.29) is 16.3 Å². The molecular weight excluding hydrogens is 281 g/mol. The Kier molecular flexibility index (Phi) is 3.50. The third-order valence-electron chi connectivity index (χ3n) is 3.69. The molecule has 1 aromatic heterocycles. The molecule has 21 heavy (non-hydrogen) atoms. The molecule has 0 radical (unpaired) electrons. The number of ether oxygens (including phenoxy) is 1. The number of para-hydroxylation sites is 1. The van der Waals surface area contributed by atoms with Gasteiger partial charge in [0.25, 0.3) is 0 Å². The Labute approximate surface area is 118 Å². The highest BCUT2D eigenvalue weighted by molar-refractivity contribution is 5.79. The van der Waals surface area contributed by atoms with Crippen LogP contribution in [0, 0.1) is 5.82 Å². The van der Waals surface area contributed by atoms with E-state index in [1.54, 1.807) is 0 Å². The number of rotatable bonds is 2. The standard InChI is InChI=1S/C14H14FNO5/c15-8-3-1-2-7-9(18)4-5-16(11(7)8)14-13(20)12(19)10(6-17)21-14/h1-5,10,12-14,17,19-20H,6H2/t10-,12-,13-,14-/m1/s1. The van der Waals surface area contributed by atoms with Crippen LogP contribution in [0.1, 0.15) is 6.23 Å². The average molecular weight is 295 g/mol. The summed E-state index contributed by atoms with van der Waals surface area (Å²) in [6.07, 6.45) is -3.38. The van der Waals surface area contributed by atoms with Crippen LogP contribution in [0.15, 0.2) is 35.3 Å². The van der Waals surface area contributed by atoms with Gasteiger partial charge in [-0.25, -0.2) is 4.39 Å². The van der Waals surface area contributed by atoms with Gasteiger partial charge < -0.3 is 24.6 Å². The molecule has 112 valence electrons. The molecule has 1 aliphatic rings. The summed E-state index contributed by atoms with van der Waals surface area (Å²) < 4.78 is 20.7. The van der Waals surface area contributed by atoms with Gasteiger partial charge >= 0.3 is 0 Å². The summed E-state index contributed by atoms with van der Waals surface area (Å²) in [6.45, 7) is -0.477. The van der Waals surface area contributed by atoms with Crippen molar-refractivity contribution in [3.8, 4) is 0 Å². The van der Waals surface area contributed by atoms with Gasteiger partial charge in [-0.05, 0) is 12.1 Å². The highest BCUT2D eigenvalue weighted by Crippen LogP contribution is 2.31. The number of hydrogen-bond acceptors (Lipinski definition) is 5. The first-order chi connectivity index (χ1) is 10.0. The summed E-state index contributed by atoms with van der Waals surface area (Å²) >= 11 is 0. The number of aromatic nitrogens is 1. The predicted octanol–water partition coefficient (Wildman–Crippen LogP) is -0.248. The van der Waals surface area contributed by atoms with Crippen molar-refractivity contribution in [1.29, 1.82) is 0 Å². The van der Waals surface area contributed by atoms with Crippen molar-refractivity contribution in [3.63, 3.8) is 0 Å². The maximum atomic E-state index is 14.1. The molecule has 6 nitrogen and oxygen atoms in total. The van der Waals surface area contributed by atoms with Gasteiger partial charge in [-0.3, -0.25) is 4.79 Å². The van der Waals surface area contributed by atoms with Crippen LogP contribution >= 0.6 is 0 Å². The third-order valence-corrected chi connectivity index (χ3v) is 3.69. The van der Waals surface area contributed by atoms with Gasteiger partial charge in [0.1, 0.15) is 24.1 Å². The van der Waals surface area contributed by atoms with Crippen LogP contribution in [-0.4, -0.2) is 44.8 Å². The van der Waals surface area contributed by atoms with Crippen molar-refractivity contribution in [2.75, 3.05) is 6.61 Å². The summed E-state index contributed by atoms with van der Waals surface area (Å²) in [4.78, 5) is 11.8. The van der Waals surface area contributed by atoms with Gasteiger partial charge in [-0.15, -0.1) is 0 Å². The molecule has 0 amide bonds. The zero-order chi connectivity index (χ0) is 15.1. The molecule has 2 heterocycles. The molecule has 3 N–H and O–H groups in total. The van der Waals surface area contributed by atoms with E-state index < -0.39 is 37.0 Å². The third kappa shape index (κ3) is 2.14. The zero-order valence-electron chi connectivity index (χ0n) is 10.9. The van der Waals surface area contributed by atoms with Crippen LogP contribution in [0.5, 0.6) is 0 Å². The number of aliphatic hydroxyl groups excluding tert-OH is 3. The molecular formula is C14H14FNO5. The molecule has 7 heteroatoms. The van der Waals surface area contributed by atoms with E-state index in [1.165, 1.54) is 35.0 Å². The van der Waals surface area contributed by atoms with Crippen LogP contribution in [0.25, 0.3) is 10.9 Å². The Morgan fingerprint density at radius 3 is 2.67 bits per heavy atom. The molecule has 1 aromatic carbocycles. The van der Waals surface area contributed by atoms with E-state index >= 15 is 0 Å². The maximum absolute atomic E-state index is 14.1. The maximum Gasteiger partial charge on any atom is 0.189 e. The molecule has 3 rings (SSSR count). The van der Waals surface area contributed by atoms with Crippen LogP contribution in [0.4, 0.5) is 4.39 Å². The molecule has 0 bridgehead atoms. The van der Waals surface area contributed by atoms with Crippen molar-refractivity contribution in [3.05, 3.63) is 46.5 Å². The molecule has 0 aliphatic carbocycles. The second kappa shape index (κ2) is 5.19. The fourth-order valence-electron chi connectivity index (χ4n) is 2.61. The largest absolute Gasteiger partial charge is 0.394 e. The monoisotopic (exact) mass is 295 g/mol. The van der Waals surface area contributed by atoms with Gasteiger partial charge in [-0.2, -0.15) is 0 Å². The molecule has 1 fully saturated rings. The molecule has 4 atom stereocenters. The van der Waals surface area contributed by atoms with E-state index in [0.717, 1.165) is 0 Å². The first kappa shape index (κ1) is 14.2. The minimum atomic E-state index is -1.34. The fraction of sp³-hybridized carbons (Fsp3) is 0.357. The number of benzene rings is 1. The fourth-order valence-corrected chi connectivity index (χ4v) is 2.61. The first-order valence-electron chi connectivity index (χ1n) is 6.46. The molecule has 1 saturated heterocycles. The van der Waals surface area contributed by atoms with Crippen LogP contribution in [0.2, 0.25) is 0 Å². The molecule has 0 saturated carbocycles. The SMILES string of the molecule is O=c1ccn([C@@H]2O[C@H](CO)[C@@H](O)[C@H]2O)c2c(F)cccc12. The lowest BCUT2D eigenvalue weighted by Gasteiger charge is -2.20. The summed E-state index contributed by atoms with van der Waals surface area (Å²) in [5, 5.41) is 29.1. The Morgan fingerprint density at radius 1 is 1.24 bits per heavy atom. The Balaban J connectivity index is 2.18. The lowest BCUT2D eigenvalue weighted by molar-refractivity contribution is -0.0510. The lowest BCUT2D eigenvalue weighted by atomic mass is 10.1. The Morgan fingerprint density at radius 2 is 2.00 bits per heavy atom. The number of nitrogens with zero attached hydrogens (tertiary/aromatic N) is 1. The number of fused-ring (bicyclic) bond motifs is 1. The number of aliphatic hydroxyl groups is 3. The van der Waals surface area contributed by atoms with Gasteiger partial charge in [0, 0.05) is 17.6 Å². The quantitative estimate of drug-likeness (QED) is 0.711. The van der Waals surface area contributed by atoms with E-state index in [0.29, 0.717) is 0 Å². The van der Waals surface area contributed by atoms with Crippen molar-refractivity contribution >= 4 is 10.9 Å². The van der Waals surface area contributed by atoms with E-state index in [4.69, 9.17) is 9.84 Å². The van der Waals surface area contributed by atoms with Gasteiger partial charge in [0.15, 0.2) is 11.7 Å². The van der Waals surface area contributed by atoms with Crippen LogP contribution < -0.4 is 5.43 Å². The lowest BCUT2D eigenvalue weighted by Crippen LogP contribution is -2.33. The minimum absolute atomic E-state index is 0.0140. The first-order valence-corrected chi connectivity index (χ1v) is 6.46. The Hall–Kier alpha value is -1.80. The molecule has 1 aliphatic heterocycles. The second-order valence-corrected chi connectivity index (χ2v) is 4.95. The molecule has 0 unspecified atom stereocenters. The van der Waals surface area contributed by atoms with Gasteiger partial charge in [0.2, 0.25) is 0 Å². The number of pyridine rings is 1. The highest BCUT2D eigenvalue weighted by Gasteiger charge is 2.43. The Bertz CT molecular complexity index is 731. The van der Waals surface area contributed by atoms with Crippen LogP contribution in [0.3, 0.4) is 0 Å². The van der Waals surface area contributed by atoms with E-state index in [9.17, 15) is 19.4 Å². The number of halogens is 1. The van der Waals surface area contributed by atoms with E-state index in [2.05, 4.69) is 0 Å². The summed E-state index contributed by atoms with van der Waals surface area (Å²) in [7, 11) is 0. The van der Waals surface area contributed by atoms with Gasteiger partial charge in [0.05, 0.1) is 12.1 Å². The number of hydrogen-bond donors (Lipinski definition) is 3. The smallest absolute Gasteiger partial charge is 0.189 e. The highest BCUT2D eigenvalue weighted by atomic mass is 19.1. The zero-order valence-corrected chi connectivity index (χ0v) is 10.9. The van der Waals surface area contributed by atoms with Crippen LogP contribution in [-0.2, 0) is 4.74 Å². The topological polar surface area (TPSA) is 91.9 Å². The predicted molar refractivity (Wildman–Crippen MR) is 71.2 cm³/mol. The normalized spacial score (nSPS) is 29.1. The minimum Gasteiger partial charge on any atom is -0.394 e. The summed E-state index contributed by atoms with van der Waals surface area (Å²) in [5.74, 6) is -0.636. The van der Waals surface area contributed by atoms with Gasteiger partial charge in [-0.1, -0.05) is 6.07 Å². The van der Waals surface area contributed by atoms with Crippen molar-refractivity contribution in [1.82, 2.24) is 4.57 Å². The summed E-state index contributed by atoms with van der Waals surface area (Å²) in [5.41, 5.74) is -0.368. The van der Waals surface area contributed by atoms with Crippen molar-refractivity contribution < 1.29 is 24.4 Å². The van der Waals surface area contributed by atoms with Crippen molar-refractivity contribution in [2.45, 2.75) is 24.5 Å². The average Bonchev–Trinajstić information content (AvgIpc) is 2.76. The molecule has 2 aromatic rings. The molecule has 0 spiro atoms. The second-order valence-electron chi connectivity index (χ2n) is 4.95. The van der Waals surface area contributed by atoms with E-state index in [1.807, 2.05) is 0 Å².